The maximum Gasteiger partial charge on any atom is 0.257 e. The van der Waals surface area contributed by atoms with Crippen molar-refractivity contribution in [1.82, 2.24) is 30.0 Å². The van der Waals surface area contributed by atoms with Crippen molar-refractivity contribution in [2.45, 2.75) is 40.7 Å². The number of pyridine rings is 2. The lowest BCUT2D eigenvalue weighted by Crippen LogP contribution is -2.46. The van der Waals surface area contributed by atoms with Gasteiger partial charge in [0.2, 0.25) is 5.95 Å². The predicted molar refractivity (Wildman–Crippen MR) is 190 cm³/mol. The number of nitrogens with one attached hydrogen (secondary N) is 2. The van der Waals surface area contributed by atoms with Crippen LogP contribution in [0.4, 0.5) is 5.95 Å². The molecule has 9 nitrogen and oxygen atoms in total. The number of hydrogen-bond acceptors (Lipinski definition) is 7. The molecule has 0 aliphatic carbocycles. The van der Waals surface area contributed by atoms with Crippen molar-refractivity contribution in [2.24, 2.45) is 4.99 Å². The summed E-state index contributed by atoms with van der Waals surface area (Å²) in [4.78, 5) is 34.0. The monoisotopic (exact) mass is 614 g/mol. The third-order valence-corrected chi connectivity index (χ3v) is 7.70. The van der Waals surface area contributed by atoms with Crippen LogP contribution in [-0.2, 0) is 6.54 Å². The molecule has 1 fully saturated rings. The van der Waals surface area contributed by atoms with Gasteiger partial charge in [-0.2, -0.15) is 4.98 Å². The summed E-state index contributed by atoms with van der Waals surface area (Å²) in [5.41, 5.74) is 6.46. The Hall–Kier alpha value is -5.15. The van der Waals surface area contributed by atoms with Crippen molar-refractivity contribution in [3.05, 3.63) is 113 Å². The highest BCUT2D eigenvalue weighted by atomic mass is 16.1. The van der Waals surface area contributed by atoms with E-state index in [1.807, 2.05) is 76.4 Å². The molecule has 0 unspecified atom stereocenters. The third kappa shape index (κ3) is 7.38. The molecule has 5 aromatic rings. The zero-order chi connectivity index (χ0) is 32.3. The van der Waals surface area contributed by atoms with Crippen LogP contribution in [0.15, 0.2) is 101 Å². The lowest BCUT2D eigenvalue weighted by Gasteiger charge is -2.34. The fourth-order valence-electron chi connectivity index (χ4n) is 5.44. The zero-order valence-electron chi connectivity index (χ0n) is 27.1. The fraction of sp³-hybridized carbons (Fsp3) is 0.270. The Morgan fingerprint density at radius 3 is 2.37 bits per heavy atom. The molecule has 3 aromatic heterocycles. The van der Waals surface area contributed by atoms with Gasteiger partial charge in [0.25, 0.3) is 5.56 Å². The minimum absolute atomic E-state index is 0.133. The van der Waals surface area contributed by atoms with Crippen LogP contribution in [0, 0.1) is 0 Å². The number of fused-ring (bicyclic) bond motifs is 1. The number of aromatic amines is 2. The molecule has 2 aliphatic rings. The van der Waals surface area contributed by atoms with E-state index in [1.54, 1.807) is 6.20 Å². The van der Waals surface area contributed by atoms with Crippen LogP contribution >= 0.6 is 0 Å². The molecule has 1 saturated heterocycles. The van der Waals surface area contributed by atoms with E-state index >= 15 is 0 Å². The minimum atomic E-state index is -0.133. The topological polar surface area (TPSA) is 106 Å². The second kappa shape index (κ2) is 15.7. The van der Waals surface area contributed by atoms with E-state index < -0.39 is 0 Å². The first-order chi connectivity index (χ1) is 22.7. The first kappa shape index (κ1) is 32.2. The summed E-state index contributed by atoms with van der Waals surface area (Å²) in [5.74, 6) is 1.41. The maximum absolute atomic E-state index is 12.5. The molecule has 0 amide bonds. The number of nitrogens with zero attached hydrogens (tertiary/aromatic N) is 6. The lowest BCUT2D eigenvalue weighted by atomic mass is 9.97. The molecule has 9 heteroatoms. The highest BCUT2D eigenvalue weighted by Crippen LogP contribution is 2.33. The Bertz CT molecular complexity index is 1860. The molecule has 0 saturated carbocycles. The SMILES string of the molecule is CC.CC.O=c1[nH]ccc2nc(-c3ccc(CN4CCN(c5n[nH]c(C6=CC=CCC=N6)n5)CC4)cc3)c(-c3ccccc3)cc12. The highest BCUT2D eigenvalue weighted by molar-refractivity contribution is 5.91. The molecule has 46 heavy (non-hydrogen) atoms. The van der Waals surface area contributed by atoms with Crippen LogP contribution in [0.5, 0.6) is 0 Å². The summed E-state index contributed by atoms with van der Waals surface area (Å²) in [6, 6.07) is 22.5. The molecule has 7 rings (SSSR count). The largest absolute Gasteiger partial charge is 0.337 e. The average molecular weight is 615 g/mol. The molecule has 2 aromatic carbocycles. The van der Waals surface area contributed by atoms with Gasteiger partial charge in [-0.1, -0.05) is 94.4 Å². The molecule has 0 radical (unpaired) electrons. The number of allylic oxidation sites excluding steroid dienone is 3. The van der Waals surface area contributed by atoms with Crippen LogP contribution in [0.2, 0.25) is 0 Å². The average Bonchev–Trinajstić information content (AvgIpc) is 3.46. The van der Waals surface area contributed by atoms with Gasteiger partial charge in [0.1, 0.15) is 5.70 Å². The lowest BCUT2D eigenvalue weighted by molar-refractivity contribution is 0.249. The number of rotatable bonds is 6. The molecule has 5 heterocycles. The van der Waals surface area contributed by atoms with Crippen molar-refractivity contribution in [3.8, 4) is 22.4 Å². The van der Waals surface area contributed by atoms with E-state index in [4.69, 9.17) is 9.97 Å². The summed E-state index contributed by atoms with van der Waals surface area (Å²) in [7, 11) is 0. The van der Waals surface area contributed by atoms with Crippen LogP contribution < -0.4 is 10.5 Å². The van der Waals surface area contributed by atoms with Crippen LogP contribution in [0.3, 0.4) is 0 Å². The summed E-state index contributed by atoms with van der Waals surface area (Å²) >= 11 is 0. The van der Waals surface area contributed by atoms with Crippen LogP contribution in [0.1, 0.15) is 45.5 Å². The second-order valence-electron chi connectivity index (χ2n) is 10.5. The first-order valence-electron chi connectivity index (χ1n) is 16.2. The summed E-state index contributed by atoms with van der Waals surface area (Å²) in [6.45, 7) is 12.4. The second-order valence-corrected chi connectivity index (χ2v) is 10.5. The van der Waals surface area contributed by atoms with Crippen molar-refractivity contribution in [3.63, 3.8) is 0 Å². The quantitative estimate of drug-likeness (QED) is 0.211. The van der Waals surface area contributed by atoms with Gasteiger partial charge < -0.3 is 9.88 Å². The summed E-state index contributed by atoms with van der Waals surface area (Å²) in [6.07, 6.45) is 10.4. The molecule has 236 valence electrons. The number of piperazine rings is 1. The Morgan fingerprint density at radius 2 is 1.61 bits per heavy atom. The van der Waals surface area contributed by atoms with E-state index in [0.717, 1.165) is 73.2 Å². The third-order valence-electron chi connectivity index (χ3n) is 7.70. The Kier molecular flexibility index (Phi) is 11.0. The van der Waals surface area contributed by atoms with E-state index in [-0.39, 0.29) is 5.56 Å². The van der Waals surface area contributed by atoms with Gasteiger partial charge in [0.05, 0.1) is 16.6 Å². The standard InChI is InChI=1S/C33H30N8O.2C2H6/c42-32-27-21-26(24-7-3-1-4-8-24)30(36-28(27)14-16-35-32)25-12-10-23(11-13-25)22-40-17-19-41(20-18-40)33-37-31(38-39-33)29-9-5-2-6-15-34-29;2*1-2/h1-5,7-16,21H,6,17-20,22H2,(H,35,42)(H,37,38,39);2*1-2H3. The van der Waals surface area contributed by atoms with Crippen LogP contribution in [0.25, 0.3) is 39.0 Å². The molecular formula is C37H42N8O. The number of H-pyrrole nitrogens is 2. The van der Waals surface area contributed by atoms with Gasteiger partial charge in [-0.25, -0.2) is 4.98 Å². The van der Waals surface area contributed by atoms with Gasteiger partial charge in [0.15, 0.2) is 5.82 Å². The maximum atomic E-state index is 12.5. The molecule has 2 N–H and O–H groups in total. The van der Waals surface area contributed by atoms with Crippen molar-refractivity contribution in [2.75, 3.05) is 31.1 Å². The van der Waals surface area contributed by atoms with Gasteiger partial charge in [0, 0.05) is 62.7 Å². The molecular weight excluding hydrogens is 572 g/mol. The zero-order valence-corrected chi connectivity index (χ0v) is 27.1. The Balaban J connectivity index is 0.00000100. The molecule has 0 spiro atoms. The number of benzene rings is 2. The van der Waals surface area contributed by atoms with E-state index in [1.165, 1.54) is 5.56 Å². The molecule has 0 bridgehead atoms. The van der Waals surface area contributed by atoms with E-state index in [0.29, 0.717) is 16.7 Å². The first-order valence-corrected chi connectivity index (χ1v) is 16.2. The summed E-state index contributed by atoms with van der Waals surface area (Å²) in [5, 5.41) is 8.08. The van der Waals surface area contributed by atoms with Gasteiger partial charge >= 0.3 is 0 Å². The summed E-state index contributed by atoms with van der Waals surface area (Å²) < 4.78 is 0. The number of aliphatic imine (C=N–C) groups is 1. The Labute approximate surface area is 270 Å². The highest BCUT2D eigenvalue weighted by Gasteiger charge is 2.21. The van der Waals surface area contributed by atoms with Gasteiger partial charge in [-0.05, 0) is 29.3 Å². The fourth-order valence-corrected chi connectivity index (χ4v) is 5.44. The van der Waals surface area contributed by atoms with Crippen molar-refractivity contribution >= 4 is 28.8 Å². The normalized spacial score (nSPS) is 14.5. The number of anilines is 1. The number of hydrogen-bond donors (Lipinski definition) is 2. The van der Waals surface area contributed by atoms with E-state index in [9.17, 15) is 4.79 Å². The van der Waals surface area contributed by atoms with Crippen molar-refractivity contribution < 1.29 is 0 Å². The number of aromatic nitrogens is 5. The van der Waals surface area contributed by atoms with Gasteiger partial charge in [-0.15, -0.1) is 5.10 Å². The smallest absolute Gasteiger partial charge is 0.257 e. The molecule has 2 aliphatic heterocycles. The van der Waals surface area contributed by atoms with E-state index in [2.05, 4.69) is 72.4 Å². The minimum Gasteiger partial charge on any atom is -0.337 e. The Morgan fingerprint density at radius 1 is 0.848 bits per heavy atom. The molecule has 0 atom stereocenters. The van der Waals surface area contributed by atoms with Gasteiger partial charge in [-0.3, -0.25) is 19.8 Å². The predicted octanol–water partition coefficient (Wildman–Crippen LogP) is 7.12. The van der Waals surface area contributed by atoms with Crippen molar-refractivity contribution in [1.29, 1.82) is 0 Å². The van der Waals surface area contributed by atoms with Crippen LogP contribution in [-0.4, -0.2) is 62.4 Å².